The Bertz CT molecular complexity index is 1570. The number of halogens is 3. The lowest BCUT2D eigenvalue weighted by Gasteiger charge is -2.41. The maximum Gasteiger partial charge on any atom is 0.270 e. The van der Waals surface area contributed by atoms with Crippen LogP contribution in [-0.2, 0) is 11.4 Å². The van der Waals surface area contributed by atoms with Crippen LogP contribution in [0.15, 0.2) is 46.7 Å². The summed E-state index contributed by atoms with van der Waals surface area (Å²) in [5, 5.41) is 14.8. The number of nitrogens with one attached hydrogen (secondary N) is 1. The average molecular weight is 541 g/mol. The third-order valence-electron chi connectivity index (χ3n) is 7.61. The number of oxime groups is 1. The lowest BCUT2D eigenvalue weighted by atomic mass is 9.85. The van der Waals surface area contributed by atoms with Gasteiger partial charge in [-0.1, -0.05) is 5.16 Å². The summed E-state index contributed by atoms with van der Waals surface area (Å²) in [6.07, 6.45) is 5.74. The van der Waals surface area contributed by atoms with Gasteiger partial charge in [0.25, 0.3) is 11.8 Å². The summed E-state index contributed by atoms with van der Waals surface area (Å²) in [6, 6.07) is 1.43. The summed E-state index contributed by atoms with van der Waals surface area (Å²) >= 11 is 0. The summed E-state index contributed by atoms with van der Waals surface area (Å²) in [6.45, 7) is 1.55. The Morgan fingerprint density at radius 1 is 1.15 bits per heavy atom. The van der Waals surface area contributed by atoms with E-state index in [1.165, 1.54) is 23.4 Å². The van der Waals surface area contributed by atoms with Gasteiger partial charge >= 0.3 is 0 Å². The minimum absolute atomic E-state index is 0.0887. The number of fused-ring (bicyclic) bond motifs is 5. The van der Waals surface area contributed by atoms with Crippen LogP contribution in [0.5, 0.6) is 0 Å². The molecule has 3 aliphatic rings. The van der Waals surface area contributed by atoms with Crippen LogP contribution in [0.3, 0.4) is 0 Å². The molecule has 14 heteroatoms. The monoisotopic (exact) mass is 541 g/mol. The maximum absolute atomic E-state index is 14.0. The molecular weight excluding hydrogens is 519 g/mol. The van der Waals surface area contributed by atoms with Gasteiger partial charge in [0.1, 0.15) is 28.7 Å². The molecule has 6 rings (SSSR count). The fraction of sp³-hybridized carbons (Fsp3) is 0.360. The van der Waals surface area contributed by atoms with E-state index < -0.39 is 52.5 Å². The van der Waals surface area contributed by atoms with Crippen LogP contribution in [0.4, 0.5) is 13.2 Å². The number of carbonyl (C=O) groups is 2. The van der Waals surface area contributed by atoms with Crippen molar-refractivity contribution < 1.29 is 27.6 Å². The lowest BCUT2D eigenvalue weighted by molar-refractivity contribution is -0.0654. The zero-order valence-electron chi connectivity index (χ0n) is 20.6. The largest absolute Gasteiger partial charge is 0.385 e. The number of benzene rings is 1. The highest BCUT2D eigenvalue weighted by Crippen LogP contribution is 2.45. The third kappa shape index (κ3) is 4.06. The van der Waals surface area contributed by atoms with E-state index in [4.69, 9.17) is 4.84 Å². The highest BCUT2D eigenvalue weighted by Gasteiger charge is 2.54. The Kier molecular flexibility index (Phi) is 5.77. The summed E-state index contributed by atoms with van der Waals surface area (Å²) < 4.78 is 42.9. The van der Waals surface area contributed by atoms with Crippen LogP contribution in [0.25, 0.3) is 0 Å². The van der Waals surface area contributed by atoms with E-state index in [0.29, 0.717) is 37.2 Å². The van der Waals surface area contributed by atoms with Gasteiger partial charge in [-0.3, -0.25) is 14.4 Å². The van der Waals surface area contributed by atoms with Crippen molar-refractivity contribution in [3.63, 3.8) is 0 Å². The van der Waals surface area contributed by atoms with E-state index in [1.54, 1.807) is 9.47 Å². The van der Waals surface area contributed by atoms with Crippen LogP contribution in [0.1, 0.15) is 58.6 Å². The first-order chi connectivity index (χ1) is 18.7. The van der Waals surface area contributed by atoms with Gasteiger partial charge in [0.15, 0.2) is 16.9 Å². The molecule has 2 bridgehead atoms. The molecule has 1 N–H and O–H groups in total. The Morgan fingerprint density at radius 3 is 2.59 bits per heavy atom. The van der Waals surface area contributed by atoms with Crippen molar-refractivity contribution in [2.45, 2.75) is 50.4 Å². The molecule has 1 fully saturated rings. The highest BCUT2D eigenvalue weighted by molar-refractivity contribution is 5.97. The van der Waals surface area contributed by atoms with Crippen LogP contribution in [0.2, 0.25) is 0 Å². The Hall–Kier alpha value is -4.49. The van der Waals surface area contributed by atoms with Gasteiger partial charge in [-0.2, -0.15) is 10.2 Å². The summed E-state index contributed by atoms with van der Waals surface area (Å²) in [7, 11) is 0. The SMILES string of the molecule is CC1CCC2(CC(n3nccn3)=NO2)C2CN1C(=O)c1cc(=O)c(C(=O)NCc3c(F)cc(F)cc3F)cn12. The molecule has 5 heterocycles. The molecule has 0 radical (unpaired) electrons. The number of aromatic nitrogens is 4. The van der Waals surface area contributed by atoms with Crippen molar-refractivity contribution in [1.82, 2.24) is 29.8 Å². The Labute approximate surface area is 218 Å². The number of hydrogen-bond acceptors (Lipinski definition) is 7. The van der Waals surface area contributed by atoms with Gasteiger partial charge in [0.05, 0.1) is 24.9 Å². The molecule has 3 unspecified atom stereocenters. The van der Waals surface area contributed by atoms with Gasteiger partial charge in [-0.15, -0.1) is 4.80 Å². The van der Waals surface area contributed by atoms with Crippen molar-refractivity contribution in [3.05, 3.63) is 81.3 Å². The fourth-order valence-corrected chi connectivity index (χ4v) is 5.48. The predicted octanol–water partition coefficient (Wildman–Crippen LogP) is 1.99. The number of carbonyl (C=O) groups excluding carboxylic acids is 2. The molecule has 1 spiro atoms. The molecule has 3 atom stereocenters. The third-order valence-corrected chi connectivity index (χ3v) is 7.61. The quantitative estimate of drug-likeness (QED) is 0.541. The summed E-state index contributed by atoms with van der Waals surface area (Å²) in [5.41, 5.74) is -2.45. The predicted molar refractivity (Wildman–Crippen MR) is 128 cm³/mol. The standard InChI is InChI=1S/C25H22F3N7O4/c1-13-2-3-25(9-22(32-39-25)35-30-4-5-31-35)21-12-33(13)24(38)19-8-20(36)16(11-34(19)21)23(37)29-10-15-17(27)6-14(26)7-18(15)28/h4-8,11,13,21H,2-3,9-10,12H2,1H3,(H,29,37). The zero-order chi connectivity index (χ0) is 27.5. The molecule has 1 saturated heterocycles. The number of amides is 2. The molecule has 2 amide bonds. The topological polar surface area (TPSA) is 124 Å². The maximum atomic E-state index is 14.0. The van der Waals surface area contributed by atoms with Gasteiger partial charge in [-0.25, -0.2) is 13.2 Å². The van der Waals surface area contributed by atoms with Crippen LogP contribution < -0.4 is 10.7 Å². The molecule has 0 aliphatic carbocycles. The van der Waals surface area contributed by atoms with Crippen molar-refractivity contribution >= 4 is 17.6 Å². The van der Waals surface area contributed by atoms with Crippen LogP contribution >= 0.6 is 0 Å². The van der Waals surface area contributed by atoms with E-state index in [2.05, 4.69) is 20.7 Å². The van der Waals surface area contributed by atoms with Crippen molar-refractivity contribution in [3.8, 4) is 0 Å². The second kappa shape index (κ2) is 9.06. The Balaban J connectivity index is 1.35. The number of nitrogens with zero attached hydrogens (tertiary/aromatic N) is 6. The van der Waals surface area contributed by atoms with E-state index >= 15 is 0 Å². The fourth-order valence-electron chi connectivity index (χ4n) is 5.48. The number of rotatable bonds is 3. The van der Waals surface area contributed by atoms with Gasteiger partial charge in [0.2, 0.25) is 0 Å². The van der Waals surface area contributed by atoms with E-state index in [-0.39, 0.29) is 29.8 Å². The molecule has 0 saturated carbocycles. The molecule has 39 heavy (non-hydrogen) atoms. The Morgan fingerprint density at radius 2 is 1.87 bits per heavy atom. The van der Waals surface area contributed by atoms with Crippen molar-refractivity contribution in [1.29, 1.82) is 0 Å². The molecule has 3 aromatic rings. The molecule has 1 aromatic carbocycles. The smallest absolute Gasteiger partial charge is 0.270 e. The number of hydrogen-bond donors (Lipinski definition) is 1. The average Bonchev–Trinajstić information content (AvgIpc) is 3.55. The van der Waals surface area contributed by atoms with E-state index in [0.717, 1.165) is 6.07 Å². The highest BCUT2D eigenvalue weighted by atomic mass is 19.1. The second-order valence-electron chi connectivity index (χ2n) is 9.89. The lowest BCUT2D eigenvalue weighted by Crippen LogP contribution is -2.52. The van der Waals surface area contributed by atoms with Crippen LogP contribution in [-0.4, -0.2) is 60.3 Å². The van der Waals surface area contributed by atoms with Gasteiger partial charge in [0, 0.05) is 49.1 Å². The summed E-state index contributed by atoms with van der Waals surface area (Å²) in [4.78, 5) is 48.4. The second-order valence-corrected chi connectivity index (χ2v) is 9.89. The van der Waals surface area contributed by atoms with Crippen molar-refractivity contribution in [2.75, 3.05) is 6.54 Å². The van der Waals surface area contributed by atoms with Gasteiger partial charge < -0.3 is 19.6 Å². The van der Waals surface area contributed by atoms with E-state index in [1.807, 2.05) is 6.92 Å². The molecular formula is C25H22F3N7O4. The van der Waals surface area contributed by atoms with Crippen LogP contribution in [0, 0.1) is 17.5 Å². The first kappa shape index (κ1) is 24.8. The first-order valence-corrected chi connectivity index (χ1v) is 12.3. The van der Waals surface area contributed by atoms with E-state index in [9.17, 15) is 27.6 Å². The normalized spacial score (nSPS) is 23.7. The van der Waals surface area contributed by atoms with Gasteiger partial charge in [-0.05, 0) is 19.8 Å². The van der Waals surface area contributed by atoms with Crippen molar-refractivity contribution in [2.24, 2.45) is 5.16 Å². The first-order valence-electron chi connectivity index (χ1n) is 12.3. The molecule has 2 aromatic heterocycles. The minimum atomic E-state index is -1.17. The molecule has 202 valence electrons. The zero-order valence-corrected chi connectivity index (χ0v) is 20.6. The summed E-state index contributed by atoms with van der Waals surface area (Å²) in [5.74, 6) is -4.23. The molecule has 3 aliphatic heterocycles. The minimum Gasteiger partial charge on any atom is -0.385 e. The molecule has 11 nitrogen and oxygen atoms in total. The number of pyridine rings is 1.